The van der Waals surface area contributed by atoms with Gasteiger partial charge in [0.05, 0.1) is 0 Å². The van der Waals surface area contributed by atoms with E-state index in [-0.39, 0.29) is 6.23 Å². The second-order valence-corrected chi connectivity index (χ2v) is 2.36. The van der Waals surface area contributed by atoms with Crippen LogP contribution in [0, 0.1) is 0 Å². The average molecular weight is 176 g/mol. The van der Waals surface area contributed by atoms with Crippen molar-refractivity contribution in [1.29, 1.82) is 0 Å². The Bertz CT molecular complexity index is 67.5. The summed E-state index contributed by atoms with van der Waals surface area (Å²) in [5, 5.41) is 3.11. The molecule has 0 aromatic heterocycles. The number of nitrogens with two attached hydrogens (primary N) is 1. The summed E-state index contributed by atoms with van der Waals surface area (Å²) in [6.07, 6.45) is 0.846. The summed E-state index contributed by atoms with van der Waals surface area (Å²) >= 11 is 0. The van der Waals surface area contributed by atoms with E-state index in [9.17, 15) is 0 Å². The fraction of sp³-hybridized carbons (Fsp3) is 1.00. The summed E-state index contributed by atoms with van der Waals surface area (Å²) in [6, 6.07) is 0. The predicted octanol–water partition coefficient (Wildman–Crippen LogP) is 1.33. The Balaban J connectivity index is 0. The van der Waals surface area contributed by atoms with Crippen LogP contribution in [0.3, 0.4) is 0 Å². The van der Waals surface area contributed by atoms with Gasteiger partial charge in [-0.15, -0.1) is 0 Å². The van der Waals surface area contributed by atoms with E-state index in [1.54, 1.807) is 0 Å². The molecule has 0 aliphatic rings. The van der Waals surface area contributed by atoms with Gasteiger partial charge in [-0.1, -0.05) is 20.8 Å². The third kappa shape index (κ3) is 16.5. The molecule has 0 aliphatic heterocycles. The van der Waals surface area contributed by atoms with Crippen molar-refractivity contribution in [3.63, 3.8) is 0 Å². The molecule has 0 heterocycles. The predicted molar refractivity (Wildman–Crippen MR) is 54.1 cm³/mol. The van der Waals surface area contributed by atoms with E-state index in [1.807, 2.05) is 13.8 Å². The molecule has 12 heavy (non-hydrogen) atoms. The van der Waals surface area contributed by atoms with Crippen molar-refractivity contribution in [2.24, 2.45) is 5.73 Å². The van der Waals surface area contributed by atoms with Gasteiger partial charge in [0, 0.05) is 6.61 Å². The molecule has 1 unspecified atom stereocenters. The van der Waals surface area contributed by atoms with Gasteiger partial charge in [0.25, 0.3) is 0 Å². The molecule has 0 amide bonds. The molecule has 0 saturated carbocycles. The molecule has 0 bridgehead atoms. The van der Waals surface area contributed by atoms with Crippen LogP contribution in [0.1, 0.15) is 34.1 Å². The minimum absolute atomic E-state index is 0.0509. The molecule has 0 radical (unpaired) electrons. The lowest BCUT2D eigenvalue weighted by Crippen LogP contribution is -2.21. The highest BCUT2D eigenvalue weighted by atomic mass is 16.5. The van der Waals surface area contributed by atoms with Crippen molar-refractivity contribution in [2.75, 3.05) is 19.7 Å². The summed E-state index contributed by atoms with van der Waals surface area (Å²) in [5.74, 6) is 0. The lowest BCUT2D eigenvalue weighted by molar-refractivity contribution is 0.0652. The number of hydrogen-bond acceptors (Lipinski definition) is 3. The van der Waals surface area contributed by atoms with E-state index in [0.29, 0.717) is 0 Å². The van der Waals surface area contributed by atoms with Crippen LogP contribution in [-0.2, 0) is 4.74 Å². The molecule has 0 spiro atoms. The number of rotatable bonds is 5. The van der Waals surface area contributed by atoms with Gasteiger partial charge in [-0.25, -0.2) is 0 Å². The van der Waals surface area contributed by atoms with Crippen molar-refractivity contribution in [2.45, 2.75) is 40.3 Å². The summed E-state index contributed by atoms with van der Waals surface area (Å²) in [7, 11) is 0. The van der Waals surface area contributed by atoms with Gasteiger partial charge in [0.1, 0.15) is 6.23 Å². The highest BCUT2D eigenvalue weighted by molar-refractivity contribution is 4.38. The Morgan fingerprint density at radius 2 is 1.67 bits per heavy atom. The number of ether oxygens (including phenoxy) is 1. The van der Waals surface area contributed by atoms with E-state index in [1.165, 1.54) is 0 Å². The van der Waals surface area contributed by atoms with Crippen LogP contribution < -0.4 is 11.1 Å². The van der Waals surface area contributed by atoms with Crippen molar-refractivity contribution in [3.05, 3.63) is 0 Å². The Labute approximate surface area is 76.7 Å². The first-order valence-corrected chi connectivity index (χ1v) is 4.80. The van der Waals surface area contributed by atoms with Crippen LogP contribution in [0.15, 0.2) is 0 Å². The SMILES string of the molecule is CCNCC.CCOC(N)CC. The van der Waals surface area contributed by atoms with Gasteiger partial charge in [-0.3, -0.25) is 0 Å². The Morgan fingerprint density at radius 1 is 1.17 bits per heavy atom. The fourth-order valence-corrected chi connectivity index (χ4v) is 0.582. The minimum Gasteiger partial charge on any atom is -0.364 e. The van der Waals surface area contributed by atoms with Gasteiger partial charge in [-0.2, -0.15) is 0 Å². The standard InChI is InChI=1S/C5H13NO.C4H11N/c1-3-5(6)7-4-2;1-3-5-4-2/h5H,3-4,6H2,1-2H3;5H,3-4H2,1-2H3. The van der Waals surface area contributed by atoms with Crippen molar-refractivity contribution in [3.8, 4) is 0 Å². The largest absolute Gasteiger partial charge is 0.364 e. The van der Waals surface area contributed by atoms with E-state index in [2.05, 4.69) is 19.2 Å². The maximum Gasteiger partial charge on any atom is 0.105 e. The topological polar surface area (TPSA) is 47.3 Å². The molecular weight excluding hydrogens is 152 g/mol. The molecule has 0 rings (SSSR count). The first-order chi connectivity index (χ1) is 5.72. The fourth-order valence-electron chi connectivity index (χ4n) is 0.582. The zero-order chi connectivity index (χ0) is 9.82. The molecule has 76 valence electrons. The van der Waals surface area contributed by atoms with Crippen molar-refractivity contribution < 1.29 is 4.74 Å². The van der Waals surface area contributed by atoms with E-state index >= 15 is 0 Å². The van der Waals surface area contributed by atoms with Gasteiger partial charge in [-0.05, 0) is 26.4 Å². The molecule has 1 atom stereocenters. The van der Waals surface area contributed by atoms with Gasteiger partial charge >= 0.3 is 0 Å². The van der Waals surface area contributed by atoms with Crippen LogP contribution in [0.4, 0.5) is 0 Å². The first kappa shape index (κ1) is 14.4. The zero-order valence-corrected chi connectivity index (χ0v) is 8.89. The molecule has 3 nitrogen and oxygen atoms in total. The molecular formula is C9H24N2O. The summed E-state index contributed by atoms with van der Waals surface area (Å²) in [4.78, 5) is 0. The average Bonchev–Trinajstić information content (AvgIpc) is 2.07. The monoisotopic (exact) mass is 176 g/mol. The minimum atomic E-state index is -0.0509. The second kappa shape index (κ2) is 13.5. The molecule has 0 aliphatic carbocycles. The smallest absolute Gasteiger partial charge is 0.105 e. The number of nitrogens with one attached hydrogen (secondary N) is 1. The molecule has 0 saturated heterocycles. The van der Waals surface area contributed by atoms with Gasteiger partial charge < -0.3 is 15.8 Å². The third-order valence-corrected chi connectivity index (χ3v) is 1.28. The summed E-state index contributed by atoms with van der Waals surface area (Å²) in [6.45, 7) is 11.0. The van der Waals surface area contributed by atoms with Crippen LogP contribution >= 0.6 is 0 Å². The van der Waals surface area contributed by atoms with Crippen LogP contribution in [0.5, 0.6) is 0 Å². The maximum absolute atomic E-state index is 5.36. The summed E-state index contributed by atoms with van der Waals surface area (Å²) < 4.78 is 4.97. The van der Waals surface area contributed by atoms with Crippen LogP contribution in [-0.4, -0.2) is 25.9 Å². The lowest BCUT2D eigenvalue weighted by Gasteiger charge is -2.05. The first-order valence-electron chi connectivity index (χ1n) is 4.80. The molecule has 3 N–H and O–H groups in total. The van der Waals surface area contributed by atoms with E-state index in [4.69, 9.17) is 10.5 Å². The van der Waals surface area contributed by atoms with Crippen molar-refractivity contribution >= 4 is 0 Å². The zero-order valence-electron chi connectivity index (χ0n) is 8.89. The maximum atomic E-state index is 5.36. The third-order valence-electron chi connectivity index (χ3n) is 1.28. The highest BCUT2D eigenvalue weighted by Crippen LogP contribution is 1.85. The molecule has 3 heteroatoms. The highest BCUT2D eigenvalue weighted by Gasteiger charge is 1.91. The Hall–Kier alpha value is -0.120. The van der Waals surface area contributed by atoms with Crippen LogP contribution in [0.25, 0.3) is 0 Å². The Kier molecular flexibility index (Phi) is 16.2. The lowest BCUT2D eigenvalue weighted by atomic mass is 10.4. The summed E-state index contributed by atoms with van der Waals surface area (Å²) in [5.41, 5.74) is 5.36. The normalized spacial score (nSPS) is 11.8. The van der Waals surface area contributed by atoms with Gasteiger partial charge in [0.2, 0.25) is 0 Å². The van der Waals surface area contributed by atoms with Crippen LogP contribution in [0.2, 0.25) is 0 Å². The number of hydrogen-bond donors (Lipinski definition) is 2. The molecule has 0 fully saturated rings. The second-order valence-electron chi connectivity index (χ2n) is 2.36. The van der Waals surface area contributed by atoms with Crippen molar-refractivity contribution in [1.82, 2.24) is 5.32 Å². The molecule has 0 aromatic carbocycles. The van der Waals surface area contributed by atoms with Gasteiger partial charge in [0.15, 0.2) is 0 Å². The van der Waals surface area contributed by atoms with E-state index < -0.39 is 0 Å². The Morgan fingerprint density at radius 3 is 1.75 bits per heavy atom. The van der Waals surface area contributed by atoms with E-state index in [0.717, 1.165) is 26.1 Å². The molecule has 0 aromatic rings. The quantitative estimate of drug-likeness (QED) is 0.621.